The Labute approximate surface area is 160 Å². The van der Waals surface area contributed by atoms with Crippen molar-refractivity contribution < 1.29 is 9.59 Å². The molecule has 2 amide bonds. The Morgan fingerprint density at radius 1 is 1.27 bits per heavy atom. The van der Waals surface area contributed by atoms with Crippen molar-refractivity contribution in [3.8, 4) is 0 Å². The highest BCUT2D eigenvalue weighted by atomic mass is 32.1. The quantitative estimate of drug-likeness (QED) is 0.855. The molecule has 2 aliphatic heterocycles. The first-order valence-electron chi connectivity index (χ1n) is 9.80. The monoisotopic (exact) mass is 378 g/mol. The zero-order valence-corrected chi connectivity index (χ0v) is 16.7. The van der Waals surface area contributed by atoms with E-state index in [1.165, 1.54) is 24.2 Å². The smallest absolute Gasteiger partial charge is 0.231 e. The Morgan fingerprint density at radius 3 is 2.77 bits per heavy atom. The fourth-order valence-corrected chi connectivity index (χ4v) is 4.44. The van der Waals surface area contributed by atoms with Gasteiger partial charge in [-0.15, -0.1) is 11.3 Å². The molecule has 0 aromatic carbocycles. The predicted molar refractivity (Wildman–Crippen MR) is 104 cm³/mol. The molecule has 3 rings (SSSR count). The standard InChI is InChI=1S/C19H30N4O2S/c1-3-17(24)23-8-4-5-15(11-23)18(25)21-19-20-16(13-26-19)12-22-9-6-14(2)7-10-22/h13-15H,3-12H2,1-2H3,(H,20,21,25). The third-order valence-corrected chi connectivity index (χ3v) is 6.30. The van der Waals surface area contributed by atoms with E-state index in [0.29, 0.717) is 18.1 Å². The van der Waals surface area contributed by atoms with Crippen LogP contribution in [0.25, 0.3) is 0 Å². The normalized spacial score (nSPS) is 22.4. The van der Waals surface area contributed by atoms with E-state index in [9.17, 15) is 9.59 Å². The predicted octanol–water partition coefficient (Wildman–Crippen LogP) is 2.96. The molecule has 2 aliphatic rings. The van der Waals surface area contributed by atoms with Crippen LogP contribution in [-0.4, -0.2) is 52.8 Å². The first-order valence-corrected chi connectivity index (χ1v) is 10.7. The fourth-order valence-electron chi connectivity index (χ4n) is 3.74. The number of nitrogens with zero attached hydrogens (tertiary/aromatic N) is 3. The zero-order chi connectivity index (χ0) is 18.5. The van der Waals surface area contributed by atoms with E-state index in [0.717, 1.165) is 50.6 Å². The van der Waals surface area contributed by atoms with Crippen LogP contribution in [0.1, 0.15) is 51.6 Å². The lowest BCUT2D eigenvalue weighted by molar-refractivity contribution is -0.134. The number of carbonyl (C=O) groups is 2. The van der Waals surface area contributed by atoms with E-state index in [1.807, 2.05) is 17.2 Å². The van der Waals surface area contributed by atoms with Crippen molar-refractivity contribution in [2.45, 2.75) is 52.5 Å². The molecule has 1 N–H and O–H groups in total. The first kappa shape index (κ1) is 19.3. The average molecular weight is 379 g/mol. The Balaban J connectivity index is 1.50. The van der Waals surface area contributed by atoms with Crippen LogP contribution in [0.4, 0.5) is 5.13 Å². The van der Waals surface area contributed by atoms with E-state index >= 15 is 0 Å². The van der Waals surface area contributed by atoms with Crippen molar-refractivity contribution in [2.75, 3.05) is 31.5 Å². The summed E-state index contributed by atoms with van der Waals surface area (Å²) in [6.45, 7) is 8.60. The number of hydrogen-bond donors (Lipinski definition) is 1. The van der Waals surface area contributed by atoms with Crippen LogP contribution in [-0.2, 0) is 16.1 Å². The molecule has 144 valence electrons. The molecule has 1 unspecified atom stereocenters. The second-order valence-corrected chi connectivity index (χ2v) is 8.48. The molecule has 0 bridgehead atoms. The number of nitrogens with one attached hydrogen (secondary N) is 1. The van der Waals surface area contributed by atoms with E-state index < -0.39 is 0 Å². The van der Waals surface area contributed by atoms with Gasteiger partial charge in [0, 0.05) is 31.4 Å². The molecule has 2 fully saturated rings. The number of aromatic nitrogens is 1. The van der Waals surface area contributed by atoms with Gasteiger partial charge in [0.05, 0.1) is 11.6 Å². The van der Waals surface area contributed by atoms with Crippen LogP contribution in [0.3, 0.4) is 0 Å². The number of anilines is 1. The Morgan fingerprint density at radius 2 is 2.04 bits per heavy atom. The van der Waals surface area contributed by atoms with Crippen molar-refractivity contribution in [1.82, 2.24) is 14.8 Å². The van der Waals surface area contributed by atoms with Gasteiger partial charge in [-0.2, -0.15) is 0 Å². The molecule has 1 atom stereocenters. The van der Waals surface area contributed by atoms with Crippen LogP contribution in [0.2, 0.25) is 0 Å². The van der Waals surface area contributed by atoms with Crippen molar-refractivity contribution in [3.05, 3.63) is 11.1 Å². The molecule has 6 nitrogen and oxygen atoms in total. The van der Waals surface area contributed by atoms with Crippen molar-refractivity contribution in [1.29, 1.82) is 0 Å². The summed E-state index contributed by atoms with van der Waals surface area (Å²) in [5.41, 5.74) is 1.03. The van der Waals surface area contributed by atoms with Gasteiger partial charge in [0.25, 0.3) is 0 Å². The van der Waals surface area contributed by atoms with Gasteiger partial charge >= 0.3 is 0 Å². The molecule has 0 saturated carbocycles. The van der Waals surface area contributed by atoms with Gasteiger partial charge < -0.3 is 10.2 Å². The van der Waals surface area contributed by atoms with E-state index in [2.05, 4.69) is 22.1 Å². The summed E-state index contributed by atoms with van der Waals surface area (Å²) in [4.78, 5) is 33.3. The highest BCUT2D eigenvalue weighted by molar-refractivity contribution is 7.13. The number of carbonyl (C=O) groups excluding carboxylic acids is 2. The van der Waals surface area contributed by atoms with Gasteiger partial charge in [0.2, 0.25) is 11.8 Å². The van der Waals surface area contributed by atoms with Crippen LogP contribution in [0.5, 0.6) is 0 Å². The molecular formula is C19H30N4O2S. The van der Waals surface area contributed by atoms with Crippen LogP contribution in [0, 0.1) is 11.8 Å². The number of rotatable bonds is 5. The van der Waals surface area contributed by atoms with Crippen molar-refractivity contribution in [2.24, 2.45) is 11.8 Å². The van der Waals surface area contributed by atoms with Gasteiger partial charge in [-0.3, -0.25) is 14.5 Å². The molecule has 2 saturated heterocycles. The SMILES string of the molecule is CCC(=O)N1CCCC(C(=O)Nc2nc(CN3CCC(C)CC3)cs2)C1. The third-order valence-electron chi connectivity index (χ3n) is 5.49. The third kappa shape index (κ3) is 5.04. The second kappa shape index (κ2) is 8.95. The lowest BCUT2D eigenvalue weighted by Gasteiger charge is -2.31. The molecule has 0 radical (unpaired) electrons. The minimum atomic E-state index is -0.129. The molecule has 7 heteroatoms. The van der Waals surface area contributed by atoms with Crippen molar-refractivity contribution >= 4 is 28.3 Å². The number of thiazole rings is 1. The van der Waals surface area contributed by atoms with Gasteiger partial charge in [0.1, 0.15) is 0 Å². The highest BCUT2D eigenvalue weighted by Crippen LogP contribution is 2.23. The second-order valence-electron chi connectivity index (χ2n) is 7.62. The van der Waals surface area contributed by atoms with Crippen LogP contribution >= 0.6 is 11.3 Å². The number of likely N-dealkylation sites (tertiary alicyclic amines) is 2. The topological polar surface area (TPSA) is 65.5 Å². The summed E-state index contributed by atoms with van der Waals surface area (Å²) in [6, 6.07) is 0. The lowest BCUT2D eigenvalue weighted by Crippen LogP contribution is -2.43. The van der Waals surface area contributed by atoms with Gasteiger partial charge in [-0.1, -0.05) is 13.8 Å². The molecule has 0 aliphatic carbocycles. The Hall–Kier alpha value is -1.47. The summed E-state index contributed by atoms with van der Waals surface area (Å²) in [6.07, 6.45) is 4.73. The van der Waals surface area contributed by atoms with E-state index in [-0.39, 0.29) is 17.7 Å². The maximum atomic E-state index is 12.6. The summed E-state index contributed by atoms with van der Waals surface area (Å²) in [5.74, 6) is 0.822. The average Bonchev–Trinajstić information content (AvgIpc) is 3.09. The molecule has 0 spiro atoms. The summed E-state index contributed by atoms with van der Waals surface area (Å²) < 4.78 is 0. The highest BCUT2D eigenvalue weighted by Gasteiger charge is 2.28. The lowest BCUT2D eigenvalue weighted by atomic mass is 9.97. The molecule has 1 aromatic rings. The Kier molecular flexibility index (Phi) is 6.64. The number of hydrogen-bond acceptors (Lipinski definition) is 5. The van der Waals surface area contributed by atoms with Gasteiger partial charge in [-0.25, -0.2) is 4.98 Å². The zero-order valence-electron chi connectivity index (χ0n) is 15.9. The first-order chi connectivity index (χ1) is 12.5. The Bertz CT molecular complexity index is 625. The summed E-state index contributed by atoms with van der Waals surface area (Å²) in [5, 5.41) is 5.68. The molecular weight excluding hydrogens is 348 g/mol. The molecule has 1 aromatic heterocycles. The molecule has 3 heterocycles. The van der Waals surface area contributed by atoms with Crippen LogP contribution < -0.4 is 5.32 Å². The summed E-state index contributed by atoms with van der Waals surface area (Å²) in [7, 11) is 0. The minimum absolute atomic E-state index is 0.00806. The number of piperidine rings is 2. The summed E-state index contributed by atoms with van der Waals surface area (Å²) >= 11 is 1.49. The maximum absolute atomic E-state index is 12.6. The van der Waals surface area contributed by atoms with E-state index in [1.54, 1.807) is 0 Å². The molecule has 26 heavy (non-hydrogen) atoms. The minimum Gasteiger partial charge on any atom is -0.342 e. The fraction of sp³-hybridized carbons (Fsp3) is 0.737. The van der Waals surface area contributed by atoms with Gasteiger partial charge in [-0.05, 0) is 44.7 Å². The maximum Gasteiger partial charge on any atom is 0.231 e. The van der Waals surface area contributed by atoms with E-state index in [4.69, 9.17) is 0 Å². The van der Waals surface area contributed by atoms with Crippen molar-refractivity contribution in [3.63, 3.8) is 0 Å². The number of amides is 2. The van der Waals surface area contributed by atoms with Crippen LogP contribution in [0.15, 0.2) is 5.38 Å². The largest absolute Gasteiger partial charge is 0.342 e. The van der Waals surface area contributed by atoms with Gasteiger partial charge in [0.15, 0.2) is 5.13 Å².